The number of anilines is 1. The third-order valence-electron chi connectivity index (χ3n) is 6.34. The highest BCUT2D eigenvalue weighted by Crippen LogP contribution is 2.38. The molecule has 0 bridgehead atoms. The van der Waals surface area contributed by atoms with Gasteiger partial charge >= 0.3 is 0 Å². The Labute approximate surface area is 180 Å². The number of aromatic nitrogens is 2. The summed E-state index contributed by atoms with van der Waals surface area (Å²) in [6.07, 6.45) is 3.29. The predicted molar refractivity (Wildman–Crippen MR) is 115 cm³/mol. The molecular formula is C23H29FN4O3. The smallest absolute Gasteiger partial charge is 0.253 e. The number of nitrogens with zero attached hydrogens (tertiary/aromatic N) is 2. The molecule has 1 aromatic heterocycles. The summed E-state index contributed by atoms with van der Waals surface area (Å²) in [6, 6.07) is 2.58. The molecule has 166 valence electrons. The molecule has 0 radical (unpaired) electrons. The number of aryl methyl sites for hydroxylation is 1. The van der Waals surface area contributed by atoms with Crippen molar-refractivity contribution in [1.82, 2.24) is 9.78 Å². The number of amides is 1. The lowest BCUT2D eigenvalue weighted by Gasteiger charge is -2.29. The average Bonchev–Trinajstić information content (AvgIpc) is 3.23. The van der Waals surface area contributed by atoms with Gasteiger partial charge in [0, 0.05) is 12.5 Å². The fourth-order valence-electron chi connectivity index (χ4n) is 4.88. The lowest BCUT2D eigenvalue weighted by atomic mass is 9.75. The average molecular weight is 429 g/mol. The lowest BCUT2D eigenvalue weighted by Crippen LogP contribution is -2.30. The number of fused-ring (bicyclic) bond motifs is 1. The molecule has 0 saturated heterocycles. The third kappa shape index (κ3) is 3.84. The minimum absolute atomic E-state index is 0.0519. The molecule has 4 rings (SSSR count). The first kappa shape index (κ1) is 21.5. The minimum atomic E-state index is -0.882. The number of ketones is 1. The fourth-order valence-corrected chi connectivity index (χ4v) is 4.88. The Hall–Kier alpha value is -2.74. The van der Waals surface area contributed by atoms with Crippen LogP contribution in [-0.2, 0) is 12.8 Å². The van der Waals surface area contributed by atoms with Crippen molar-refractivity contribution in [2.24, 2.45) is 11.1 Å². The zero-order chi connectivity index (χ0) is 22.5. The van der Waals surface area contributed by atoms with Gasteiger partial charge in [0.25, 0.3) is 5.91 Å². The molecule has 1 unspecified atom stereocenters. The van der Waals surface area contributed by atoms with E-state index < -0.39 is 17.8 Å². The molecule has 4 N–H and O–H groups in total. The van der Waals surface area contributed by atoms with Gasteiger partial charge in [-0.2, -0.15) is 5.10 Å². The molecule has 1 fully saturated rings. The minimum Gasteiger partial charge on any atom is -0.391 e. The fraction of sp³-hybridized carbons (Fsp3) is 0.522. The van der Waals surface area contributed by atoms with Crippen LogP contribution in [0.3, 0.4) is 0 Å². The third-order valence-corrected chi connectivity index (χ3v) is 6.34. The van der Waals surface area contributed by atoms with Crippen molar-refractivity contribution in [2.45, 2.75) is 71.4 Å². The van der Waals surface area contributed by atoms with E-state index in [1.807, 2.05) is 20.8 Å². The molecule has 1 heterocycles. The highest BCUT2D eigenvalue weighted by molar-refractivity contribution is 6.00. The van der Waals surface area contributed by atoms with Gasteiger partial charge in [-0.15, -0.1) is 0 Å². The van der Waals surface area contributed by atoms with Crippen LogP contribution in [0, 0.1) is 11.2 Å². The maximum Gasteiger partial charge on any atom is 0.253 e. The van der Waals surface area contributed by atoms with Gasteiger partial charge in [-0.1, -0.05) is 20.8 Å². The summed E-state index contributed by atoms with van der Waals surface area (Å²) in [5.74, 6) is -1.59. The summed E-state index contributed by atoms with van der Waals surface area (Å²) in [6.45, 7) is 6.00. The van der Waals surface area contributed by atoms with Crippen LogP contribution >= 0.6 is 0 Å². The normalized spacial score (nSPS) is 22.4. The molecule has 2 atom stereocenters. The molecule has 8 heteroatoms. The number of aliphatic hydroxyl groups excluding tert-OH is 1. The van der Waals surface area contributed by atoms with Gasteiger partial charge in [0.1, 0.15) is 5.82 Å². The summed E-state index contributed by atoms with van der Waals surface area (Å²) < 4.78 is 16.7. The van der Waals surface area contributed by atoms with Crippen molar-refractivity contribution < 1.29 is 19.1 Å². The number of benzene rings is 1. The quantitative estimate of drug-likeness (QED) is 0.678. The second-order valence-corrected chi connectivity index (χ2v) is 9.44. The monoisotopic (exact) mass is 428 g/mol. The SMILES string of the molecule is CCc1nn(-c2cc(F)c(C(N)=O)c(NC3CCC[C@@H]3O)c2)c2c1C(=O)CC(C)(C)C2. The maximum absolute atomic E-state index is 15.1. The number of nitrogens with one attached hydrogen (secondary N) is 1. The van der Waals surface area contributed by atoms with E-state index in [-0.39, 0.29) is 28.5 Å². The van der Waals surface area contributed by atoms with E-state index in [9.17, 15) is 14.7 Å². The zero-order valence-electron chi connectivity index (χ0n) is 18.2. The van der Waals surface area contributed by atoms with Crippen molar-refractivity contribution >= 4 is 17.4 Å². The van der Waals surface area contributed by atoms with Crippen LogP contribution in [-0.4, -0.2) is 38.7 Å². The predicted octanol–water partition coefficient (Wildman–Crippen LogP) is 3.15. The molecule has 7 nitrogen and oxygen atoms in total. The highest BCUT2D eigenvalue weighted by Gasteiger charge is 2.36. The van der Waals surface area contributed by atoms with Crippen LogP contribution < -0.4 is 11.1 Å². The number of hydrogen-bond donors (Lipinski definition) is 3. The number of aliphatic hydroxyl groups is 1. The number of rotatable bonds is 5. The Kier molecular flexibility index (Phi) is 5.37. The van der Waals surface area contributed by atoms with E-state index >= 15 is 4.39 Å². The van der Waals surface area contributed by atoms with Crippen molar-refractivity contribution in [1.29, 1.82) is 0 Å². The van der Waals surface area contributed by atoms with E-state index in [2.05, 4.69) is 10.4 Å². The topological polar surface area (TPSA) is 110 Å². The van der Waals surface area contributed by atoms with Gasteiger partial charge in [0.15, 0.2) is 5.78 Å². The molecular weight excluding hydrogens is 399 g/mol. The standard InChI is InChI=1S/C23H29FN4O3/c1-4-14-21-17(10-23(2,3)11-19(21)30)28(27-14)12-8-13(24)20(22(25)31)16(9-12)26-15-6-5-7-18(15)29/h8-9,15,18,26,29H,4-7,10-11H2,1-3H3,(H2,25,31)/t15?,18-/m0/s1. The van der Waals surface area contributed by atoms with Gasteiger partial charge in [0.2, 0.25) is 0 Å². The van der Waals surface area contributed by atoms with E-state index in [0.29, 0.717) is 49.0 Å². The van der Waals surface area contributed by atoms with Crippen molar-refractivity contribution in [3.05, 3.63) is 40.5 Å². The van der Waals surface area contributed by atoms with Crippen LogP contribution in [0.5, 0.6) is 0 Å². The summed E-state index contributed by atoms with van der Waals surface area (Å²) >= 11 is 0. The Bertz CT molecular complexity index is 1060. The second-order valence-electron chi connectivity index (χ2n) is 9.44. The number of Topliss-reactive ketones (excluding diaryl/α,β-unsaturated/α-hetero) is 1. The molecule has 1 aromatic carbocycles. The number of halogens is 1. The van der Waals surface area contributed by atoms with Crippen LogP contribution in [0.25, 0.3) is 5.69 Å². The number of nitrogens with two attached hydrogens (primary N) is 1. The second kappa shape index (κ2) is 7.75. The molecule has 2 aromatic rings. The summed E-state index contributed by atoms with van der Waals surface area (Å²) in [7, 11) is 0. The molecule has 1 amide bonds. The van der Waals surface area contributed by atoms with E-state index in [4.69, 9.17) is 5.73 Å². The summed E-state index contributed by atoms with van der Waals surface area (Å²) in [5.41, 5.74) is 7.71. The van der Waals surface area contributed by atoms with E-state index in [0.717, 1.165) is 12.1 Å². The molecule has 2 aliphatic carbocycles. The Morgan fingerprint density at radius 2 is 2.10 bits per heavy atom. The molecule has 1 saturated carbocycles. The summed E-state index contributed by atoms with van der Waals surface area (Å²) in [4.78, 5) is 24.8. The Morgan fingerprint density at radius 3 is 2.71 bits per heavy atom. The largest absolute Gasteiger partial charge is 0.391 e. The van der Waals surface area contributed by atoms with E-state index in [1.165, 1.54) is 6.07 Å². The van der Waals surface area contributed by atoms with Crippen LogP contribution in [0.4, 0.5) is 10.1 Å². The van der Waals surface area contributed by atoms with Crippen LogP contribution in [0.15, 0.2) is 12.1 Å². The number of hydrogen-bond acceptors (Lipinski definition) is 5. The number of carbonyl (C=O) groups is 2. The lowest BCUT2D eigenvalue weighted by molar-refractivity contribution is 0.0909. The number of carbonyl (C=O) groups excluding carboxylic acids is 2. The van der Waals surface area contributed by atoms with Gasteiger partial charge in [-0.25, -0.2) is 9.07 Å². The maximum atomic E-state index is 15.1. The Balaban J connectivity index is 1.86. The number of primary amides is 1. The highest BCUT2D eigenvalue weighted by atomic mass is 19.1. The molecule has 2 aliphatic rings. The van der Waals surface area contributed by atoms with Gasteiger partial charge in [-0.3, -0.25) is 9.59 Å². The van der Waals surface area contributed by atoms with Crippen molar-refractivity contribution in [3.8, 4) is 5.69 Å². The summed E-state index contributed by atoms with van der Waals surface area (Å²) in [5, 5.41) is 17.9. The van der Waals surface area contributed by atoms with Gasteiger partial charge in [0.05, 0.1) is 46.0 Å². The molecule has 31 heavy (non-hydrogen) atoms. The zero-order valence-corrected chi connectivity index (χ0v) is 18.2. The van der Waals surface area contributed by atoms with Crippen molar-refractivity contribution in [3.63, 3.8) is 0 Å². The van der Waals surface area contributed by atoms with Gasteiger partial charge in [-0.05, 0) is 43.6 Å². The first-order valence-electron chi connectivity index (χ1n) is 10.8. The Morgan fingerprint density at radius 1 is 1.35 bits per heavy atom. The van der Waals surface area contributed by atoms with E-state index in [1.54, 1.807) is 10.7 Å². The van der Waals surface area contributed by atoms with Gasteiger partial charge < -0.3 is 16.2 Å². The van der Waals surface area contributed by atoms with Crippen molar-refractivity contribution in [2.75, 3.05) is 5.32 Å². The first-order chi connectivity index (χ1) is 14.6. The first-order valence-corrected chi connectivity index (χ1v) is 10.8. The van der Waals surface area contributed by atoms with Crippen LogP contribution in [0.2, 0.25) is 0 Å². The molecule has 0 aliphatic heterocycles. The molecule has 0 spiro atoms. The van der Waals surface area contributed by atoms with Crippen LogP contribution in [0.1, 0.15) is 78.6 Å².